The lowest BCUT2D eigenvalue weighted by molar-refractivity contribution is -0.305. The number of nitrogens with one attached hydrogen (secondary N) is 1. The summed E-state index contributed by atoms with van der Waals surface area (Å²) in [6.07, 6.45) is 61.9. The van der Waals surface area contributed by atoms with Crippen molar-refractivity contribution in [1.82, 2.24) is 5.32 Å². The van der Waals surface area contributed by atoms with Gasteiger partial charge in [0, 0.05) is 6.42 Å². The normalized spacial score (nSPS) is 19.4. The number of amides is 1. The lowest BCUT2D eigenvalue weighted by Crippen LogP contribution is -2.61. The molecule has 456 valence electrons. The van der Waals surface area contributed by atoms with Crippen molar-refractivity contribution in [2.45, 2.75) is 320 Å². The molecule has 1 fully saturated rings. The molecule has 79 heavy (non-hydrogen) atoms. The summed E-state index contributed by atoms with van der Waals surface area (Å²) in [4.78, 5) is 26.6. The maximum Gasteiger partial charge on any atom is 0.306 e. The van der Waals surface area contributed by atoms with E-state index in [4.69, 9.17) is 14.2 Å². The van der Waals surface area contributed by atoms with Gasteiger partial charge in [0.2, 0.25) is 5.91 Å². The van der Waals surface area contributed by atoms with Gasteiger partial charge in [-0.15, -0.1) is 0 Å². The van der Waals surface area contributed by atoms with E-state index in [2.05, 4.69) is 99.0 Å². The summed E-state index contributed by atoms with van der Waals surface area (Å²) < 4.78 is 17.6. The highest BCUT2D eigenvalue weighted by Crippen LogP contribution is 2.26. The van der Waals surface area contributed by atoms with Gasteiger partial charge in [-0.1, -0.05) is 247 Å². The highest BCUT2D eigenvalue weighted by molar-refractivity contribution is 5.80. The van der Waals surface area contributed by atoms with E-state index < -0.39 is 67.4 Å². The Balaban J connectivity index is 2.63. The van der Waals surface area contributed by atoms with Crippen LogP contribution >= 0.6 is 0 Å². The Hall–Kier alpha value is -3.16. The first-order valence-electron chi connectivity index (χ1n) is 32.4. The number of allylic oxidation sites excluding steroid dienone is 13. The molecule has 0 saturated carbocycles. The van der Waals surface area contributed by atoms with Crippen molar-refractivity contribution in [1.29, 1.82) is 0 Å². The lowest BCUT2D eigenvalue weighted by atomic mass is 9.99. The van der Waals surface area contributed by atoms with Crippen LogP contribution in [0.3, 0.4) is 0 Å². The van der Waals surface area contributed by atoms with Crippen LogP contribution in [0.5, 0.6) is 0 Å². The predicted molar refractivity (Wildman–Crippen MR) is 329 cm³/mol. The third-order valence-electron chi connectivity index (χ3n) is 14.8. The van der Waals surface area contributed by atoms with E-state index in [9.17, 15) is 35.1 Å². The first-order valence-corrected chi connectivity index (χ1v) is 32.4. The highest BCUT2D eigenvalue weighted by Gasteiger charge is 2.47. The zero-order chi connectivity index (χ0) is 57.5. The molecule has 1 heterocycles. The molecule has 0 aromatic carbocycles. The first-order chi connectivity index (χ1) is 38.7. The Morgan fingerprint density at radius 3 is 1.33 bits per heavy atom. The second-order valence-corrected chi connectivity index (χ2v) is 22.1. The standard InChI is InChI=1S/C68H119NO10/c1-4-7-10-13-16-19-22-24-26-28-29-30-31-32-33-34-36-38-41-44-47-50-53-56-63(73)79-66-65(75)64(74)62(57-70)78-68(66)77-58-59(60(71)54-51-48-45-42-39-21-18-15-12-9-6-3)69-67(76)61(72)55-52-49-46-43-40-37-35-27-25-23-20-17-14-11-8-5-2/h16-17,19-20,24-27,29-30,37,40,51,54,59-62,64-66,68,70-72,74-75H,4-15,18,21-23,28,31-36,38-39,41-50,52-53,55-58H2,1-3H3,(H,69,76)/b19-16-,20-17-,26-24-,27-25-,30-29-,40-37-,54-51+. The van der Waals surface area contributed by atoms with Gasteiger partial charge < -0.3 is 45.1 Å². The molecule has 0 radical (unpaired) electrons. The maximum atomic E-state index is 13.4. The molecule has 1 amide bonds. The van der Waals surface area contributed by atoms with Crippen molar-refractivity contribution in [3.63, 3.8) is 0 Å². The van der Waals surface area contributed by atoms with Gasteiger partial charge in [-0.3, -0.25) is 9.59 Å². The smallest absolute Gasteiger partial charge is 0.306 e. The van der Waals surface area contributed by atoms with Gasteiger partial charge in [-0.2, -0.15) is 0 Å². The maximum absolute atomic E-state index is 13.4. The van der Waals surface area contributed by atoms with Crippen molar-refractivity contribution < 1.29 is 49.3 Å². The number of hydrogen-bond acceptors (Lipinski definition) is 10. The third kappa shape index (κ3) is 43.2. The van der Waals surface area contributed by atoms with Crippen LogP contribution in [0.15, 0.2) is 85.1 Å². The number of aliphatic hydroxyl groups is 5. The van der Waals surface area contributed by atoms with Crippen LogP contribution in [0.25, 0.3) is 0 Å². The fraction of sp³-hybridized carbons (Fsp3) is 0.765. The lowest BCUT2D eigenvalue weighted by Gasteiger charge is -2.41. The summed E-state index contributed by atoms with van der Waals surface area (Å²) in [7, 11) is 0. The van der Waals surface area contributed by atoms with E-state index in [1.807, 2.05) is 6.08 Å². The van der Waals surface area contributed by atoms with Gasteiger partial charge in [0.05, 0.1) is 25.4 Å². The quantitative estimate of drug-likeness (QED) is 0.0195. The van der Waals surface area contributed by atoms with Crippen LogP contribution in [-0.2, 0) is 23.8 Å². The zero-order valence-corrected chi connectivity index (χ0v) is 50.5. The van der Waals surface area contributed by atoms with E-state index in [-0.39, 0.29) is 19.4 Å². The van der Waals surface area contributed by atoms with Crippen molar-refractivity contribution in [3.8, 4) is 0 Å². The first kappa shape index (κ1) is 73.9. The Bertz CT molecular complexity index is 1610. The van der Waals surface area contributed by atoms with Gasteiger partial charge >= 0.3 is 5.97 Å². The summed E-state index contributed by atoms with van der Waals surface area (Å²) in [6, 6.07) is -1.04. The number of rotatable bonds is 54. The zero-order valence-electron chi connectivity index (χ0n) is 50.5. The molecule has 0 bridgehead atoms. The molecule has 8 unspecified atom stereocenters. The molecule has 6 N–H and O–H groups in total. The number of carbonyl (C=O) groups excluding carboxylic acids is 2. The molecule has 0 aliphatic carbocycles. The van der Waals surface area contributed by atoms with Crippen molar-refractivity contribution in [3.05, 3.63) is 85.1 Å². The number of unbranched alkanes of at least 4 members (excludes halogenated alkanes) is 28. The Labute approximate surface area is 483 Å². The van der Waals surface area contributed by atoms with E-state index in [1.165, 1.54) is 116 Å². The fourth-order valence-corrected chi connectivity index (χ4v) is 9.61. The molecule has 1 rings (SSSR count). The van der Waals surface area contributed by atoms with Gasteiger partial charge in [-0.05, 0) is 103 Å². The van der Waals surface area contributed by atoms with E-state index in [0.29, 0.717) is 12.8 Å². The number of hydrogen-bond donors (Lipinski definition) is 6. The van der Waals surface area contributed by atoms with Crippen molar-refractivity contribution in [2.24, 2.45) is 0 Å². The van der Waals surface area contributed by atoms with Crippen LogP contribution in [0.2, 0.25) is 0 Å². The average molecular weight is 1110 g/mol. The summed E-state index contributed by atoms with van der Waals surface area (Å²) in [6.45, 7) is 5.71. The molecule has 8 atom stereocenters. The molecule has 0 spiro atoms. The minimum absolute atomic E-state index is 0.113. The summed E-state index contributed by atoms with van der Waals surface area (Å²) >= 11 is 0. The second kappa shape index (κ2) is 55.4. The van der Waals surface area contributed by atoms with Gasteiger partial charge in [-0.25, -0.2) is 0 Å². The minimum Gasteiger partial charge on any atom is -0.454 e. The summed E-state index contributed by atoms with van der Waals surface area (Å²) in [5, 5.41) is 57.0. The molecular weight excluding hydrogens is 991 g/mol. The molecule has 11 nitrogen and oxygen atoms in total. The van der Waals surface area contributed by atoms with Gasteiger partial charge in [0.1, 0.15) is 24.4 Å². The highest BCUT2D eigenvalue weighted by atomic mass is 16.7. The van der Waals surface area contributed by atoms with Crippen LogP contribution in [0.4, 0.5) is 0 Å². The SMILES string of the molecule is CCCCC/C=C\C/C=C\C/C=C\CCCCCCCCCCCCC(=O)OC1C(OCC(NC(=O)C(O)CCCCC/C=C\C/C=C\C/C=C\CCCCC)C(O)/C=C/CCCCCCCCCCC)OC(CO)C(O)C1O. The molecule has 0 aromatic heterocycles. The molecule has 1 aliphatic rings. The van der Waals surface area contributed by atoms with Crippen LogP contribution in [0, 0.1) is 0 Å². The Morgan fingerprint density at radius 1 is 0.494 bits per heavy atom. The fourth-order valence-electron chi connectivity index (χ4n) is 9.61. The van der Waals surface area contributed by atoms with Crippen LogP contribution in [-0.4, -0.2) is 99.6 Å². The van der Waals surface area contributed by atoms with Crippen LogP contribution in [0.1, 0.15) is 271 Å². The number of esters is 1. The summed E-state index contributed by atoms with van der Waals surface area (Å²) in [5.74, 6) is -1.22. The molecule has 1 aliphatic heterocycles. The second-order valence-electron chi connectivity index (χ2n) is 22.1. The number of aliphatic hydroxyl groups excluding tert-OH is 5. The molecule has 0 aromatic rings. The van der Waals surface area contributed by atoms with E-state index in [1.54, 1.807) is 6.08 Å². The topological polar surface area (TPSA) is 175 Å². The van der Waals surface area contributed by atoms with Gasteiger partial charge in [0.15, 0.2) is 12.4 Å². The molecule has 1 saturated heterocycles. The minimum atomic E-state index is -1.62. The number of ether oxygens (including phenoxy) is 3. The third-order valence-corrected chi connectivity index (χ3v) is 14.8. The van der Waals surface area contributed by atoms with E-state index >= 15 is 0 Å². The Morgan fingerprint density at radius 2 is 0.873 bits per heavy atom. The van der Waals surface area contributed by atoms with E-state index in [0.717, 1.165) is 109 Å². The molecular formula is C68H119NO10. The van der Waals surface area contributed by atoms with Crippen molar-refractivity contribution in [2.75, 3.05) is 13.2 Å². The van der Waals surface area contributed by atoms with Crippen molar-refractivity contribution >= 4 is 11.9 Å². The molecule has 11 heteroatoms. The monoisotopic (exact) mass is 1110 g/mol. The van der Waals surface area contributed by atoms with Gasteiger partial charge in [0.25, 0.3) is 0 Å². The Kier molecular flexibility index (Phi) is 51.8. The van der Waals surface area contributed by atoms with Crippen LogP contribution < -0.4 is 5.32 Å². The predicted octanol–water partition coefficient (Wildman–Crippen LogP) is 15.7. The average Bonchev–Trinajstić information content (AvgIpc) is 3.47. The summed E-state index contributed by atoms with van der Waals surface area (Å²) in [5.41, 5.74) is 0. The number of carbonyl (C=O) groups is 2. The largest absolute Gasteiger partial charge is 0.454 e.